The van der Waals surface area contributed by atoms with E-state index in [2.05, 4.69) is 60.7 Å². The first-order valence-corrected chi connectivity index (χ1v) is 7.51. The maximum atomic E-state index is 10.7. The quantitative estimate of drug-likeness (QED) is 0.874. The monoisotopic (exact) mass is 266 g/mol. The second-order valence-corrected chi connectivity index (χ2v) is 6.15. The van der Waals surface area contributed by atoms with E-state index in [9.17, 15) is 5.11 Å². The fourth-order valence-electron chi connectivity index (χ4n) is 3.68. The number of rotatable bonds is 3. The molecule has 0 spiro atoms. The molecule has 1 saturated carbocycles. The van der Waals surface area contributed by atoms with Gasteiger partial charge in [-0.1, -0.05) is 67.1 Å². The Kier molecular flexibility index (Phi) is 3.62. The van der Waals surface area contributed by atoms with Crippen molar-refractivity contribution >= 4 is 0 Å². The van der Waals surface area contributed by atoms with Crippen LogP contribution in [0.2, 0.25) is 0 Å². The molecule has 0 radical (unpaired) electrons. The minimum Gasteiger partial charge on any atom is -0.390 e. The molecule has 1 nitrogen and oxygen atoms in total. The first kappa shape index (κ1) is 13.4. The normalized spacial score (nSPS) is 26.1. The Hall–Kier alpha value is -1.60. The molecular formula is C19H22O. The largest absolute Gasteiger partial charge is 0.390 e. The first-order chi connectivity index (χ1) is 9.68. The Morgan fingerprint density at radius 3 is 1.85 bits per heavy atom. The van der Waals surface area contributed by atoms with Crippen LogP contribution in [0.25, 0.3) is 0 Å². The summed E-state index contributed by atoms with van der Waals surface area (Å²) >= 11 is 0. The van der Waals surface area contributed by atoms with Crippen molar-refractivity contribution in [3.63, 3.8) is 0 Å². The second kappa shape index (κ2) is 5.41. The third kappa shape index (κ3) is 2.51. The molecule has 2 aromatic rings. The van der Waals surface area contributed by atoms with Crippen molar-refractivity contribution in [2.45, 2.75) is 37.7 Å². The third-order valence-electron chi connectivity index (χ3n) is 4.72. The molecule has 2 aromatic carbocycles. The molecule has 0 aliphatic heterocycles. The molecule has 3 rings (SSSR count). The Labute approximate surface area is 121 Å². The van der Waals surface area contributed by atoms with Crippen LogP contribution >= 0.6 is 0 Å². The van der Waals surface area contributed by atoms with Crippen molar-refractivity contribution in [1.82, 2.24) is 0 Å². The van der Waals surface area contributed by atoms with Crippen LogP contribution in [-0.2, 0) is 0 Å². The summed E-state index contributed by atoms with van der Waals surface area (Å²) in [5, 5.41) is 10.7. The maximum Gasteiger partial charge on any atom is 0.0656 e. The maximum absolute atomic E-state index is 10.7. The lowest BCUT2D eigenvalue weighted by molar-refractivity contribution is 0.0148. The predicted molar refractivity (Wildman–Crippen MR) is 82.7 cm³/mol. The number of benzene rings is 2. The molecule has 2 unspecified atom stereocenters. The summed E-state index contributed by atoms with van der Waals surface area (Å²) in [5.74, 6) is 0.585. The van der Waals surface area contributed by atoms with Gasteiger partial charge >= 0.3 is 0 Å². The molecule has 0 amide bonds. The van der Waals surface area contributed by atoms with Gasteiger partial charge < -0.3 is 5.11 Å². The first-order valence-electron chi connectivity index (χ1n) is 7.51. The van der Waals surface area contributed by atoms with Crippen molar-refractivity contribution in [3.05, 3.63) is 71.8 Å². The van der Waals surface area contributed by atoms with E-state index in [1.807, 2.05) is 6.92 Å². The molecule has 0 heterocycles. The zero-order valence-electron chi connectivity index (χ0n) is 12.0. The average molecular weight is 266 g/mol. The van der Waals surface area contributed by atoms with Crippen LogP contribution in [0.4, 0.5) is 0 Å². The van der Waals surface area contributed by atoms with Crippen molar-refractivity contribution in [1.29, 1.82) is 0 Å². The van der Waals surface area contributed by atoms with E-state index in [0.717, 1.165) is 19.3 Å². The minimum atomic E-state index is -0.559. The smallest absolute Gasteiger partial charge is 0.0656 e. The Balaban J connectivity index is 2.05. The highest BCUT2D eigenvalue weighted by Gasteiger charge is 2.42. The van der Waals surface area contributed by atoms with Gasteiger partial charge in [0.2, 0.25) is 0 Å². The highest BCUT2D eigenvalue weighted by atomic mass is 16.3. The summed E-state index contributed by atoms with van der Waals surface area (Å²) in [5.41, 5.74) is 2.06. The standard InChI is InChI=1S/C19H22O/c1-19(20)14-8-13-17(19)18(15-9-4-2-5-10-15)16-11-6-3-7-12-16/h2-7,9-12,17-18,20H,8,13-14H2,1H3. The molecule has 0 saturated heterocycles. The van der Waals surface area contributed by atoms with Gasteiger partial charge in [-0.25, -0.2) is 0 Å². The lowest BCUT2D eigenvalue weighted by Gasteiger charge is -2.33. The van der Waals surface area contributed by atoms with E-state index in [1.165, 1.54) is 11.1 Å². The molecule has 1 fully saturated rings. The van der Waals surface area contributed by atoms with E-state index in [1.54, 1.807) is 0 Å². The van der Waals surface area contributed by atoms with Crippen LogP contribution in [0.5, 0.6) is 0 Å². The number of hydrogen-bond donors (Lipinski definition) is 1. The Morgan fingerprint density at radius 2 is 1.45 bits per heavy atom. The summed E-state index contributed by atoms with van der Waals surface area (Å²) in [6, 6.07) is 21.2. The third-order valence-corrected chi connectivity index (χ3v) is 4.72. The summed E-state index contributed by atoms with van der Waals surface area (Å²) in [6.07, 6.45) is 3.13. The lowest BCUT2D eigenvalue weighted by atomic mass is 9.74. The topological polar surface area (TPSA) is 20.2 Å². The van der Waals surface area contributed by atoms with Gasteiger partial charge in [0.05, 0.1) is 5.60 Å². The molecule has 20 heavy (non-hydrogen) atoms. The van der Waals surface area contributed by atoms with Gasteiger partial charge in [0.15, 0.2) is 0 Å². The van der Waals surface area contributed by atoms with E-state index in [0.29, 0.717) is 5.92 Å². The molecular weight excluding hydrogens is 244 g/mol. The van der Waals surface area contributed by atoms with Gasteiger partial charge in [0, 0.05) is 5.92 Å². The zero-order chi connectivity index (χ0) is 14.0. The van der Waals surface area contributed by atoms with Crippen LogP contribution in [0.15, 0.2) is 60.7 Å². The summed E-state index contributed by atoms with van der Waals surface area (Å²) in [4.78, 5) is 0. The fourth-order valence-corrected chi connectivity index (χ4v) is 3.68. The second-order valence-electron chi connectivity index (χ2n) is 6.15. The van der Waals surface area contributed by atoms with Gasteiger partial charge in [-0.05, 0) is 36.8 Å². The van der Waals surface area contributed by atoms with Gasteiger partial charge in [-0.15, -0.1) is 0 Å². The highest BCUT2D eigenvalue weighted by molar-refractivity contribution is 5.34. The average Bonchev–Trinajstić information content (AvgIpc) is 2.81. The summed E-state index contributed by atoms with van der Waals surface area (Å²) in [6.45, 7) is 2.00. The molecule has 1 aliphatic rings. The molecule has 0 bridgehead atoms. The van der Waals surface area contributed by atoms with Crippen molar-refractivity contribution < 1.29 is 5.11 Å². The molecule has 104 valence electrons. The number of aliphatic hydroxyl groups is 1. The van der Waals surface area contributed by atoms with Crippen LogP contribution < -0.4 is 0 Å². The predicted octanol–water partition coefficient (Wildman–Crippen LogP) is 4.37. The Morgan fingerprint density at radius 1 is 0.950 bits per heavy atom. The zero-order valence-corrected chi connectivity index (χ0v) is 12.0. The van der Waals surface area contributed by atoms with E-state index < -0.39 is 5.60 Å². The fraction of sp³-hybridized carbons (Fsp3) is 0.368. The highest BCUT2D eigenvalue weighted by Crippen LogP contribution is 2.46. The molecule has 0 aromatic heterocycles. The van der Waals surface area contributed by atoms with Gasteiger partial charge in [0.1, 0.15) is 0 Å². The van der Waals surface area contributed by atoms with Crippen LogP contribution in [0, 0.1) is 5.92 Å². The Bertz CT molecular complexity index is 505. The van der Waals surface area contributed by atoms with Crippen molar-refractivity contribution in [2.75, 3.05) is 0 Å². The van der Waals surface area contributed by atoms with E-state index in [4.69, 9.17) is 0 Å². The number of hydrogen-bond acceptors (Lipinski definition) is 1. The van der Waals surface area contributed by atoms with Gasteiger partial charge in [0.25, 0.3) is 0 Å². The van der Waals surface area contributed by atoms with Crippen LogP contribution in [-0.4, -0.2) is 10.7 Å². The SMILES string of the molecule is CC1(O)CCCC1C(c1ccccc1)c1ccccc1. The summed E-state index contributed by atoms with van der Waals surface area (Å²) in [7, 11) is 0. The van der Waals surface area contributed by atoms with Gasteiger partial charge in [-0.2, -0.15) is 0 Å². The molecule has 1 heteroatoms. The van der Waals surface area contributed by atoms with Crippen molar-refractivity contribution in [3.8, 4) is 0 Å². The minimum absolute atomic E-state index is 0.287. The summed E-state index contributed by atoms with van der Waals surface area (Å²) < 4.78 is 0. The molecule has 2 atom stereocenters. The lowest BCUT2D eigenvalue weighted by Crippen LogP contribution is -2.33. The van der Waals surface area contributed by atoms with Crippen LogP contribution in [0.1, 0.15) is 43.2 Å². The van der Waals surface area contributed by atoms with Crippen LogP contribution in [0.3, 0.4) is 0 Å². The molecule has 1 N–H and O–H groups in total. The van der Waals surface area contributed by atoms with Crippen molar-refractivity contribution in [2.24, 2.45) is 5.92 Å². The van der Waals surface area contributed by atoms with E-state index >= 15 is 0 Å². The van der Waals surface area contributed by atoms with Gasteiger partial charge in [-0.3, -0.25) is 0 Å². The van der Waals surface area contributed by atoms with E-state index in [-0.39, 0.29) is 5.92 Å². The molecule has 1 aliphatic carbocycles.